The number of carbonyl (C=O) groups excluding carboxylic acids is 1. The molecule has 0 radical (unpaired) electrons. The van der Waals surface area contributed by atoms with Gasteiger partial charge in [0.05, 0.1) is 11.0 Å². The van der Waals surface area contributed by atoms with Crippen molar-refractivity contribution in [1.29, 1.82) is 0 Å². The summed E-state index contributed by atoms with van der Waals surface area (Å²) in [4.78, 5) is 16.4. The smallest absolute Gasteiger partial charge is 0.229 e. The van der Waals surface area contributed by atoms with Gasteiger partial charge in [0.15, 0.2) is 0 Å². The molecule has 5 heteroatoms. The number of aliphatic hydroxyl groups is 1. The molecule has 8 atom stereocenters. The molecule has 7 fully saturated rings. The van der Waals surface area contributed by atoms with E-state index in [0.29, 0.717) is 35.7 Å². The Morgan fingerprint density at radius 2 is 1.77 bits per heavy atom. The molecule has 3 saturated heterocycles. The van der Waals surface area contributed by atoms with Gasteiger partial charge in [-0.3, -0.25) is 4.79 Å². The minimum Gasteiger partial charge on any atom is -0.390 e. The highest BCUT2D eigenvalue weighted by Crippen LogP contribution is 2.68. The monoisotopic (exact) mass is 380 g/mol. The van der Waals surface area contributed by atoms with E-state index in [1.807, 2.05) is 0 Å². The third kappa shape index (κ3) is 2.07. The lowest BCUT2D eigenvalue weighted by atomic mass is 9.42. The Labute approximate surface area is 162 Å². The molecule has 7 aliphatic rings. The molecule has 146 valence electrons. The highest BCUT2D eigenvalue weighted by molar-refractivity contribution is 5.85. The lowest BCUT2D eigenvalue weighted by Gasteiger charge is -2.65. The van der Waals surface area contributed by atoms with Gasteiger partial charge in [0.25, 0.3) is 0 Å². The minimum atomic E-state index is -0.554. The van der Waals surface area contributed by atoms with Gasteiger partial charge < -0.3 is 15.3 Å². The molecule has 0 spiro atoms. The molecule has 2 N–H and O–H groups in total. The van der Waals surface area contributed by atoms with Crippen molar-refractivity contribution in [2.24, 2.45) is 28.6 Å². The summed E-state index contributed by atoms with van der Waals surface area (Å²) in [6.45, 7) is 4.49. The average Bonchev–Trinajstić information content (AvgIpc) is 3.24. The van der Waals surface area contributed by atoms with Gasteiger partial charge in [0.2, 0.25) is 5.91 Å². The standard InChI is InChI=1S/C21H32N2O2.ClH/c1-2-19-5-13-6-20(10-19,12-21(25,7-13)11-19)18(24)23-16-3-4-17(23)15-9-22-8-14(15)16;/h13-17,22,25H,2-12H2,1H3;1H/t13?,14-,15+,16-,17+,19?,20?,21?;. The molecular weight excluding hydrogens is 348 g/mol. The number of halogens is 1. The van der Waals surface area contributed by atoms with Crippen molar-refractivity contribution >= 4 is 18.3 Å². The Kier molecular flexibility index (Phi) is 3.68. The fraction of sp³-hybridized carbons (Fsp3) is 0.952. The first-order valence-electron chi connectivity index (χ1n) is 10.7. The zero-order valence-corrected chi connectivity index (χ0v) is 16.7. The van der Waals surface area contributed by atoms with Gasteiger partial charge in [-0.2, -0.15) is 0 Å². The van der Waals surface area contributed by atoms with Crippen LogP contribution < -0.4 is 5.32 Å². The van der Waals surface area contributed by atoms with E-state index in [1.54, 1.807) is 0 Å². The molecule has 6 bridgehead atoms. The predicted molar refractivity (Wildman–Crippen MR) is 102 cm³/mol. The summed E-state index contributed by atoms with van der Waals surface area (Å²) >= 11 is 0. The highest BCUT2D eigenvalue weighted by atomic mass is 35.5. The quantitative estimate of drug-likeness (QED) is 0.774. The summed E-state index contributed by atoms with van der Waals surface area (Å²) in [5, 5.41) is 14.8. The minimum absolute atomic E-state index is 0. The number of rotatable bonds is 2. The molecule has 0 aromatic carbocycles. The molecule has 4 nitrogen and oxygen atoms in total. The summed E-state index contributed by atoms with van der Waals surface area (Å²) in [6.07, 6.45) is 9.56. The summed E-state index contributed by atoms with van der Waals surface area (Å²) in [5.74, 6) is 2.42. The van der Waals surface area contributed by atoms with Crippen LogP contribution in [-0.2, 0) is 4.79 Å². The molecule has 4 aliphatic carbocycles. The number of amides is 1. The highest BCUT2D eigenvalue weighted by Gasteiger charge is 2.67. The zero-order chi connectivity index (χ0) is 17.0. The molecule has 4 saturated carbocycles. The molecular formula is C21H33ClN2O2. The van der Waals surface area contributed by atoms with Gasteiger partial charge in [-0.15, -0.1) is 12.4 Å². The largest absolute Gasteiger partial charge is 0.390 e. The summed E-state index contributed by atoms with van der Waals surface area (Å²) in [5.41, 5.74) is -0.557. The molecule has 0 aromatic heterocycles. The van der Waals surface area contributed by atoms with Crippen LogP contribution in [0.3, 0.4) is 0 Å². The van der Waals surface area contributed by atoms with Crippen LogP contribution in [0.5, 0.6) is 0 Å². The SMILES string of the molecule is CCC12CC3CC(O)(C1)CC(C(=O)N1[C@@H]4CC[C@H]1[C@H]1CNC[C@H]14)(C3)C2.Cl. The maximum atomic E-state index is 14.0. The molecule has 3 heterocycles. The van der Waals surface area contributed by atoms with Gasteiger partial charge >= 0.3 is 0 Å². The predicted octanol–water partition coefficient (Wildman–Crippen LogP) is 2.73. The van der Waals surface area contributed by atoms with E-state index in [-0.39, 0.29) is 23.2 Å². The molecule has 4 unspecified atom stereocenters. The van der Waals surface area contributed by atoms with E-state index in [4.69, 9.17) is 0 Å². The maximum Gasteiger partial charge on any atom is 0.229 e. The van der Waals surface area contributed by atoms with Gasteiger partial charge in [0, 0.05) is 25.2 Å². The Bertz CT molecular complexity index is 626. The third-order valence-corrected chi connectivity index (χ3v) is 9.36. The Hall–Kier alpha value is -0.320. The first-order chi connectivity index (χ1) is 12.0. The maximum absolute atomic E-state index is 14.0. The summed E-state index contributed by atoms with van der Waals surface area (Å²) < 4.78 is 0. The van der Waals surface area contributed by atoms with Crippen LogP contribution in [-0.4, -0.2) is 46.7 Å². The number of hydrogen-bond donors (Lipinski definition) is 2. The van der Waals surface area contributed by atoms with Crippen LogP contribution in [0.2, 0.25) is 0 Å². The van der Waals surface area contributed by atoms with Gasteiger partial charge in [0.1, 0.15) is 0 Å². The number of carbonyl (C=O) groups is 1. The van der Waals surface area contributed by atoms with Gasteiger partial charge in [-0.1, -0.05) is 13.3 Å². The van der Waals surface area contributed by atoms with Gasteiger partial charge in [-0.05, 0) is 74.5 Å². The first kappa shape index (κ1) is 17.8. The number of hydrogen-bond acceptors (Lipinski definition) is 3. The second-order valence-electron chi connectivity index (χ2n) is 10.8. The molecule has 26 heavy (non-hydrogen) atoms. The van der Waals surface area contributed by atoms with E-state index in [0.717, 1.165) is 51.6 Å². The Morgan fingerprint density at radius 1 is 1.08 bits per heavy atom. The van der Waals surface area contributed by atoms with Crippen molar-refractivity contribution in [3.8, 4) is 0 Å². The summed E-state index contributed by atoms with van der Waals surface area (Å²) in [6, 6.07) is 0.968. The Morgan fingerprint density at radius 3 is 2.38 bits per heavy atom. The van der Waals surface area contributed by atoms with Crippen LogP contribution in [0.1, 0.15) is 64.7 Å². The topological polar surface area (TPSA) is 52.6 Å². The molecule has 0 aromatic rings. The number of fused-ring (bicyclic) bond motifs is 5. The lowest BCUT2D eigenvalue weighted by molar-refractivity contribution is -0.210. The van der Waals surface area contributed by atoms with Crippen molar-refractivity contribution in [2.45, 2.75) is 82.4 Å². The van der Waals surface area contributed by atoms with Crippen molar-refractivity contribution in [1.82, 2.24) is 10.2 Å². The van der Waals surface area contributed by atoms with Crippen LogP contribution in [0, 0.1) is 28.6 Å². The fourth-order valence-electron chi connectivity index (χ4n) is 9.06. The first-order valence-corrected chi connectivity index (χ1v) is 10.7. The average molecular weight is 381 g/mol. The zero-order valence-electron chi connectivity index (χ0n) is 15.9. The normalized spacial score (nSPS) is 55.9. The van der Waals surface area contributed by atoms with Crippen molar-refractivity contribution in [2.75, 3.05) is 13.1 Å². The second-order valence-corrected chi connectivity index (χ2v) is 10.8. The van der Waals surface area contributed by atoms with E-state index in [9.17, 15) is 9.90 Å². The molecule has 3 aliphatic heterocycles. The van der Waals surface area contributed by atoms with Gasteiger partial charge in [-0.25, -0.2) is 0 Å². The van der Waals surface area contributed by atoms with Crippen molar-refractivity contribution < 1.29 is 9.90 Å². The van der Waals surface area contributed by atoms with Crippen LogP contribution in [0.15, 0.2) is 0 Å². The number of nitrogens with one attached hydrogen (secondary N) is 1. The second kappa shape index (κ2) is 5.39. The fourth-order valence-corrected chi connectivity index (χ4v) is 9.06. The van der Waals surface area contributed by atoms with Crippen LogP contribution in [0.25, 0.3) is 0 Å². The molecule has 1 amide bonds. The molecule has 7 rings (SSSR count). The van der Waals surface area contributed by atoms with E-state index in [2.05, 4.69) is 17.1 Å². The van der Waals surface area contributed by atoms with Crippen LogP contribution >= 0.6 is 12.4 Å². The summed E-state index contributed by atoms with van der Waals surface area (Å²) in [7, 11) is 0. The Balaban J connectivity index is 0.00000150. The van der Waals surface area contributed by atoms with E-state index in [1.165, 1.54) is 19.3 Å². The number of nitrogens with zero attached hydrogens (tertiary/aromatic N) is 1. The van der Waals surface area contributed by atoms with E-state index >= 15 is 0 Å². The lowest BCUT2D eigenvalue weighted by Crippen LogP contribution is -2.64. The van der Waals surface area contributed by atoms with Crippen molar-refractivity contribution in [3.63, 3.8) is 0 Å². The van der Waals surface area contributed by atoms with Crippen molar-refractivity contribution in [3.05, 3.63) is 0 Å². The third-order valence-electron chi connectivity index (χ3n) is 9.36. The van der Waals surface area contributed by atoms with E-state index < -0.39 is 5.60 Å². The van der Waals surface area contributed by atoms with Crippen LogP contribution in [0.4, 0.5) is 0 Å².